The fourth-order valence-electron chi connectivity index (χ4n) is 3.28. The third-order valence-electron chi connectivity index (χ3n) is 4.60. The third kappa shape index (κ3) is 3.39. The van der Waals surface area contributed by atoms with E-state index in [4.69, 9.17) is 19.2 Å². The lowest BCUT2D eigenvalue weighted by Gasteiger charge is -2.15. The van der Waals surface area contributed by atoms with E-state index >= 15 is 0 Å². The molecule has 0 unspecified atom stereocenters. The van der Waals surface area contributed by atoms with Crippen LogP contribution < -0.4 is 19.5 Å². The van der Waals surface area contributed by atoms with E-state index in [1.165, 1.54) is 0 Å². The molecule has 0 atom stereocenters. The van der Waals surface area contributed by atoms with E-state index in [0.29, 0.717) is 28.9 Å². The monoisotopic (exact) mass is 426 g/mol. The quantitative estimate of drug-likeness (QED) is 0.495. The van der Waals surface area contributed by atoms with E-state index in [1.807, 2.05) is 38.3 Å². The number of imidazole rings is 1. The van der Waals surface area contributed by atoms with Gasteiger partial charge in [0.1, 0.15) is 17.0 Å². The molecule has 0 aliphatic heterocycles. The Labute approximate surface area is 177 Å². The molecule has 1 aromatic carbocycles. The lowest BCUT2D eigenvalue weighted by Crippen LogP contribution is -2.06. The van der Waals surface area contributed by atoms with Gasteiger partial charge in [0.15, 0.2) is 17.3 Å². The highest BCUT2D eigenvalue weighted by atomic mass is 32.1. The highest BCUT2D eigenvalue weighted by Crippen LogP contribution is 2.41. The lowest BCUT2D eigenvalue weighted by molar-refractivity contribution is 0.324. The summed E-state index contributed by atoms with van der Waals surface area (Å²) in [5.41, 5.74) is 3.06. The molecule has 9 nitrogen and oxygen atoms in total. The zero-order chi connectivity index (χ0) is 21.4. The van der Waals surface area contributed by atoms with Crippen molar-refractivity contribution in [3.63, 3.8) is 0 Å². The SMILES string of the molecule is COc1cc(Nc2nc(-c3csc(C)n3)nn3c(C)nc(C)c23)cc(OC)c1OC. The minimum atomic E-state index is 0.516. The van der Waals surface area contributed by atoms with E-state index in [9.17, 15) is 0 Å². The van der Waals surface area contributed by atoms with Crippen LogP contribution in [0.15, 0.2) is 17.5 Å². The molecule has 0 spiro atoms. The van der Waals surface area contributed by atoms with Gasteiger partial charge in [-0.2, -0.15) is 0 Å². The number of thiazole rings is 1. The molecule has 3 heterocycles. The topological polar surface area (TPSA) is 95.7 Å². The first kappa shape index (κ1) is 19.9. The summed E-state index contributed by atoms with van der Waals surface area (Å²) in [4.78, 5) is 13.8. The maximum Gasteiger partial charge on any atom is 0.203 e. The molecule has 0 saturated carbocycles. The number of nitrogens with zero attached hydrogens (tertiary/aromatic N) is 5. The molecule has 0 aliphatic rings. The second kappa shape index (κ2) is 7.79. The van der Waals surface area contributed by atoms with Crippen molar-refractivity contribution in [1.82, 2.24) is 24.6 Å². The van der Waals surface area contributed by atoms with Crippen LogP contribution in [0.1, 0.15) is 16.5 Å². The van der Waals surface area contributed by atoms with E-state index < -0.39 is 0 Å². The third-order valence-corrected chi connectivity index (χ3v) is 5.38. The minimum Gasteiger partial charge on any atom is -0.493 e. The van der Waals surface area contributed by atoms with Crippen molar-refractivity contribution >= 4 is 28.4 Å². The first-order valence-corrected chi connectivity index (χ1v) is 10.1. The van der Waals surface area contributed by atoms with Crippen LogP contribution in [0.4, 0.5) is 11.5 Å². The first-order chi connectivity index (χ1) is 14.4. The number of fused-ring (bicyclic) bond motifs is 1. The van der Waals surface area contributed by atoms with Crippen molar-refractivity contribution in [3.8, 4) is 28.8 Å². The molecule has 4 rings (SSSR count). The van der Waals surface area contributed by atoms with Crippen LogP contribution in [-0.4, -0.2) is 45.9 Å². The Bertz CT molecular complexity index is 1210. The summed E-state index contributed by atoms with van der Waals surface area (Å²) in [6.07, 6.45) is 0. The number of hydrogen-bond donors (Lipinski definition) is 1. The molecule has 1 N–H and O–H groups in total. The number of benzene rings is 1. The van der Waals surface area contributed by atoms with Gasteiger partial charge < -0.3 is 19.5 Å². The largest absolute Gasteiger partial charge is 0.493 e. The standard InChI is InChI=1S/C20H22N6O3S/c1-10-17-20(23-13-7-15(27-4)18(29-6)16(8-13)28-5)24-19(14-9-30-12(3)22-14)25-26(17)11(2)21-10/h7-9H,1-6H3,(H,23,24,25). The predicted octanol–water partition coefficient (Wildman–Crippen LogP) is 3.94. The number of aromatic nitrogens is 5. The van der Waals surface area contributed by atoms with Gasteiger partial charge in [0, 0.05) is 23.2 Å². The molecular formula is C20H22N6O3S. The summed E-state index contributed by atoms with van der Waals surface area (Å²) in [6.45, 7) is 5.79. The van der Waals surface area contributed by atoms with E-state index in [2.05, 4.69) is 20.4 Å². The average Bonchev–Trinajstić information content (AvgIpc) is 3.30. The second-order valence-corrected chi connectivity index (χ2v) is 7.64. The highest BCUT2D eigenvalue weighted by molar-refractivity contribution is 7.09. The Balaban J connectivity index is 1.88. The number of methoxy groups -OCH3 is 3. The number of anilines is 2. The summed E-state index contributed by atoms with van der Waals surface area (Å²) in [5.74, 6) is 3.50. The molecule has 0 amide bonds. The molecule has 0 saturated heterocycles. The molecule has 4 aromatic rings. The van der Waals surface area contributed by atoms with Gasteiger partial charge in [-0.3, -0.25) is 0 Å². The van der Waals surface area contributed by atoms with Crippen molar-refractivity contribution in [2.24, 2.45) is 0 Å². The fourth-order valence-corrected chi connectivity index (χ4v) is 3.87. The Morgan fingerprint density at radius 2 is 1.63 bits per heavy atom. The maximum absolute atomic E-state index is 5.46. The summed E-state index contributed by atoms with van der Waals surface area (Å²) in [7, 11) is 4.73. The molecule has 156 valence electrons. The van der Waals surface area contributed by atoms with Gasteiger partial charge in [-0.1, -0.05) is 0 Å². The normalized spacial score (nSPS) is 11.0. The van der Waals surface area contributed by atoms with Gasteiger partial charge in [-0.05, 0) is 20.8 Å². The molecule has 0 aliphatic carbocycles. The Hall–Kier alpha value is -3.40. The van der Waals surface area contributed by atoms with Gasteiger partial charge in [-0.15, -0.1) is 16.4 Å². The van der Waals surface area contributed by atoms with E-state index in [-0.39, 0.29) is 0 Å². The van der Waals surface area contributed by atoms with Crippen LogP contribution >= 0.6 is 11.3 Å². The number of aryl methyl sites for hydroxylation is 3. The van der Waals surface area contributed by atoms with Crippen LogP contribution in [0.25, 0.3) is 17.0 Å². The van der Waals surface area contributed by atoms with Crippen LogP contribution in [0, 0.1) is 20.8 Å². The lowest BCUT2D eigenvalue weighted by atomic mass is 10.2. The van der Waals surface area contributed by atoms with Crippen LogP contribution in [0.2, 0.25) is 0 Å². The van der Waals surface area contributed by atoms with Crippen molar-refractivity contribution in [1.29, 1.82) is 0 Å². The Kier molecular flexibility index (Phi) is 5.17. The number of rotatable bonds is 6. The van der Waals surface area contributed by atoms with Gasteiger partial charge >= 0.3 is 0 Å². The van der Waals surface area contributed by atoms with Crippen molar-refractivity contribution in [2.45, 2.75) is 20.8 Å². The Morgan fingerprint density at radius 1 is 0.933 bits per heavy atom. The van der Waals surface area contributed by atoms with Crippen LogP contribution in [-0.2, 0) is 0 Å². The van der Waals surface area contributed by atoms with Crippen molar-refractivity contribution in [2.75, 3.05) is 26.6 Å². The molecule has 0 radical (unpaired) electrons. The summed E-state index contributed by atoms with van der Waals surface area (Å²) in [5, 5.41) is 10.9. The zero-order valence-corrected chi connectivity index (χ0v) is 18.4. The van der Waals surface area contributed by atoms with E-state index in [1.54, 1.807) is 37.2 Å². The first-order valence-electron chi connectivity index (χ1n) is 9.18. The van der Waals surface area contributed by atoms with Gasteiger partial charge in [0.2, 0.25) is 11.6 Å². The van der Waals surface area contributed by atoms with Gasteiger partial charge in [-0.25, -0.2) is 19.5 Å². The molecule has 3 aromatic heterocycles. The van der Waals surface area contributed by atoms with Crippen molar-refractivity contribution in [3.05, 3.63) is 34.0 Å². The summed E-state index contributed by atoms with van der Waals surface area (Å²) in [6, 6.07) is 3.65. The molecule has 0 fully saturated rings. The maximum atomic E-state index is 5.46. The second-order valence-electron chi connectivity index (χ2n) is 6.58. The number of ether oxygens (including phenoxy) is 3. The average molecular weight is 427 g/mol. The fraction of sp³-hybridized carbons (Fsp3) is 0.300. The smallest absolute Gasteiger partial charge is 0.203 e. The number of nitrogens with one attached hydrogen (secondary N) is 1. The molecular weight excluding hydrogens is 404 g/mol. The molecule has 10 heteroatoms. The highest BCUT2D eigenvalue weighted by Gasteiger charge is 2.19. The predicted molar refractivity (Wildman–Crippen MR) is 115 cm³/mol. The van der Waals surface area contributed by atoms with E-state index in [0.717, 1.165) is 33.4 Å². The Morgan fingerprint density at radius 3 is 2.20 bits per heavy atom. The van der Waals surface area contributed by atoms with Gasteiger partial charge in [0.05, 0.1) is 32.0 Å². The summed E-state index contributed by atoms with van der Waals surface area (Å²) >= 11 is 1.55. The summed E-state index contributed by atoms with van der Waals surface area (Å²) < 4.78 is 18.1. The zero-order valence-electron chi connectivity index (χ0n) is 17.6. The number of hydrogen-bond acceptors (Lipinski definition) is 9. The van der Waals surface area contributed by atoms with Crippen LogP contribution in [0.3, 0.4) is 0 Å². The van der Waals surface area contributed by atoms with Gasteiger partial charge in [0.25, 0.3) is 0 Å². The minimum absolute atomic E-state index is 0.516. The van der Waals surface area contributed by atoms with Crippen LogP contribution in [0.5, 0.6) is 17.2 Å². The molecule has 30 heavy (non-hydrogen) atoms. The molecule has 0 bridgehead atoms. The van der Waals surface area contributed by atoms with Crippen molar-refractivity contribution < 1.29 is 14.2 Å².